The molecule has 1 saturated heterocycles. The van der Waals surface area contributed by atoms with Crippen LogP contribution in [0.25, 0.3) is 0 Å². The summed E-state index contributed by atoms with van der Waals surface area (Å²) >= 11 is 0. The fraction of sp³-hybridized carbons (Fsp3) is 0.500. The largest absolute Gasteiger partial charge is 0.379 e. The summed E-state index contributed by atoms with van der Waals surface area (Å²) in [6.45, 7) is 2.00. The van der Waals surface area contributed by atoms with Crippen LogP contribution in [0.2, 0.25) is 0 Å². The summed E-state index contributed by atoms with van der Waals surface area (Å²) in [5, 5.41) is 22.9. The van der Waals surface area contributed by atoms with E-state index in [-0.39, 0.29) is 17.2 Å². The molecular formula is C16H20N4O3. The first kappa shape index (κ1) is 16.7. The number of nitro benzene ring substituents is 1. The smallest absolute Gasteiger partial charge is 0.293 e. The standard InChI is InChI=1S/C16H20N4O3/c17-12-13-6-7-14(15(11-13)20(22)23)18-8-4-10-19-9-3-1-2-5-16(19)21/h6-7,11,18H,1-5,8-10H2. The number of carbonyl (C=O) groups is 1. The summed E-state index contributed by atoms with van der Waals surface area (Å²) in [5.41, 5.74) is 0.559. The average molecular weight is 316 g/mol. The second kappa shape index (κ2) is 8.13. The van der Waals surface area contributed by atoms with Crippen LogP contribution in [0, 0.1) is 21.4 Å². The van der Waals surface area contributed by atoms with E-state index in [0.29, 0.717) is 25.2 Å². The van der Waals surface area contributed by atoms with Gasteiger partial charge in [-0.05, 0) is 31.4 Å². The Morgan fingerprint density at radius 3 is 2.91 bits per heavy atom. The lowest BCUT2D eigenvalue weighted by Crippen LogP contribution is -2.32. The molecule has 7 heteroatoms. The van der Waals surface area contributed by atoms with Crippen LogP contribution in [0.15, 0.2) is 18.2 Å². The molecule has 1 aromatic rings. The van der Waals surface area contributed by atoms with E-state index < -0.39 is 4.92 Å². The maximum absolute atomic E-state index is 11.9. The van der Waals surface area contributed by atoms with Crippen molar-refractivity contribution in [1.29, 1.82) is 5.26 Å². The number of rotatable bonds is 6. The zero-order valence-electron chi connectivity index (χ0n) is 13.0. The van der Waals surface area contributed by atoms with Crippen molar-refractivity contribution in [2.75, 3.05) is 25.0 Å². The number of hydrogen-bond acceptors (Lipinski definition) is 5. The molecule has 1 amide bonds. The molecule has 0 aromatic heterocycles. The van der Waals surface area contributed by atoms with Crippen molar-refractivity contribution in [3.05, 3.63) is 33.9 Å². The Bertz CT molecular complexity index is 624. The Balaban J connectivity index is 1.87. The van der Waals surface area contributed by atoms with Crippen molar-refractivity contribution in [3.63, 3.8) is 0 Å². The van der Waals surface area contributed by atoms with Gasteiger partial charge in [-0.2, -0.15) is 5.26 Å². The number of amides is 1. The number of anilines is 1. The molecule has 0 atom stereocenters. The molecule has 0 saturated carbocycles. The third-order valence-corrected chi connectivity index (χ3v) is 3.92. The molecule has 0 aliphatic carbocycles. The maximum Gasteiger partial charge on any atom is 0.293 e. The Morgan fingerprint density at radius 2 is 2.17 bits per heavy atom. The Kier molecular flexibility index (Phi) is 5.92. The number of hydrogen-bond donors (Lipinski definition) is 1. The molecule has 1 heterocycles. The zero-order chi connectivity index (χ0) is 16.7. The second-order valence-corrected chi connectivity index (χ2v) is 5.57. The van der Waals surface area contributed by atoms with E-state index in [1.54, 1.807) is 12.1 Å². The van der Waals surface area contributed by atoms with Crippen LogP contribution in [-0.2, 0) is 4.79 Å². The molecular weight excluding hydrogens is 296 g/mol. The molecule has 0 unspecified atom stereocenters. The van der Waals surface area contributed by atoms with Gasteiger partial charge in [-0.15, -0.1) is 0 Å². The first-order valence-corrected chi connectivity index (χ1v) is 7.82. The minimum atomic E-state index is -0.499. The quantitative estimate of drug-likeness (QED) is 0.494. The van der Waals surface area contributed by atoms with E-state index in [0.717, 1.165) is 32.2 Å². The topological polar surface area (TPSA) is 99.3 Å². The predicted octanol–water partition coefficient (Wildman–Crippen LogP) is 2.67. The van der Waals surface area contributed by atoms with Gasteiger partial charge in [0.25, 0.3) is 5.69 Å². The average Bonchev–Trinajstić information content (AvgIpc) is 2.76. The molecule has 7 nitrogen and oxygen atoms in total. The van der Waals surface area contributed by atoms with Crippen molar-refractivity contribution < 1.29 is 9.72 Å². The van der Waals surface area contributed by atoms with Gasteiger partial charge in [-0.1, -0.05) is 6.42 Å². The number of nitro groups is 1. The maximum atomic E-state index is 11.9. The highest BCUT2D eigenvalue weighted by Gasteiger charge is 2.17. The Hall–Kier alpha value is -2.62. The third kappa shape index (κ3) is 4.68. The van der Waals surface area contributed by atoms with Crippen molar-refractivity contribution in [2.45, 2.75) is 32.1 Å². The molecule has 1 aromatic carbocycles. The number of likely N-dealkylation sites (tertiary alicyclic amines) is 1. The van der Waals surface area contributed by atoms with Crippen LogP contribution in [0.5, 0.6) is 0 Å². The number of carbonyl (C=O) groups excluding carboxylic acids is 1. The SMILES string of the molecule is N#Cc1ccc(NCCCN2CCCCCC2=O)c([N+](=O)[O-])c1. The summed E-state index contributed by atoms with van der Waals surface area (Å²) in [4.78, 5) is 24.3. The molecule has 1 fully saturated rings. The van der Waals surface area contributed by atoms with Crippen LogP contribution in [-0.4, -0.2) is 35.4 Å². The normalized spacial score (nSPS) is 14.9. The zero-order valence-corrected chi connectivity index (χ0v) is 13.0. The van der Waals surface area contributed by atoms with Crippen molar-refractivity contribution in [1.82, 2.24) is 4.90 Å². The lowest BCUT2D eigenvalue weighted by Gasteiger charge is -2.20. The molecule has 23 heavy (non-hydrogen) atoms. The van der Waals surface area contributed by atoms with Crippen LogP contribution < -0.4 is 5.32 Å². The summed E-state index contributed by atoms with van der Waals surface area (Å²) in [6, 6.07) is 6.26. The van der Waals surface area contributed by atoms with Gasteiger partial charge in [0.05, 0.1) is 16.6 Å². The third-order valence-electron chi connectivity index (χ3n) is 3.92. The van der Waals surface area contributed by atoms with Gasteiger partial charge in [0, 0.05) is 32.1 Å². The Labute approximate surface area is 135 Å². The van der Waals surface area contributed by atoms with E-state index in [1.807, 2.05) is 11.0 Å². The summed E-state index contributed by atoms with van der Waals surface area (Å²) in [6.07, 6.45) is 4.45. The highest BCUT2D eigenvalue weighted by Crippen LogP contribution is 2.25. The van der Waals surface area contributed by atoms with Gasteiger partial charge in [0.2, 0.25) is 5.91 Å². The van der Waals surface area contributed by atoms with Crippen LogP contribution >= 0.6 is 0 Å². The predicted molar refractivity (Wildman–Crippen MR) is 86.0 cm³/mol. The monoisotopic (exact) mass is 316 g/mol. The molecule has 1 aliphatic heterocycles. The number of nitriles is 1. The van der Waals surface area contributed by atoms with Gasteiger partial charge in [-0.3, -0.25) is 14.9 Å². The molecule has 0 radical (unpaired) electrons. The molecule has 2 rings (SSSR count). The number of benzene rings is 1. The van der Waals surface area contributed by atoms with Gasteiger partial charge < -0.3 is 10.2 Å². The van der Waals surface area contributed by atoms with Gasteiger partial charge in [-0.25, -0.2) is 0 Å². The van der Waals surface area contributed by atoms with Gasteiger partial charge in [0.15, 0.2) is 0 Å². The molecule has 1 N–H and O–H groups in total. The van der Waals surface area contributed by atoms with Gasteiger partial charge in [0.1, 0.15) is 5.69 Å². The lowest BCUT2D eigenvalue weighted by atomic mass is 10.2. The van der Waals surface area contributed by atoms with Crippen molar-refractivity contribution in [2.24, 2.45) is 0 Å². The molecule has 1 aliphatic rings. The van der Waals surface area contributed by atoms with E-state index in [4.69, 9.17) is 5.26 Å². The minimum absolute atomic E-state index is 0.102. The van der Waals surface area contributed by atoms with E-state index >= 15 is 0 Å². The lowest BCUT2D eigenvalue weighted by molar-refractivity contribution is -0.384. The molecule has 0 spiro atoms. The van der Waals surface area contributed by atoms with Gasteiger partial charge >= 0.3 is 0 Å². The van der Waals surface area contributed by atoms with Crippen LogP contribution in [0.1, 0.15) is 37.7 Å². The first-order chi connectivity index (χ1) is 11.1. The van der Waals surface area contributed by atoms with Crippen LogP contribution in [0.4, 0.5) is 11.4 Å². The van der Waals surface area contributed by atoms with E-state index in [9.17, 15) is 14.9 Å². The first-order valence-electron chi connectivity index (χ1n) is 7.82. The van der Waals surface area contributed by atoms with Crippen molar-refractivity contribution >= 4 is 17.3 Å². The summed E-state index contributed by atoms with van der Waals surface area (Å²) in [5.74, 6) is 0.201. The minimum Gasteiger partial charge on any atom is -0.379 e. The molecule has 122 valence electrons. The number of nitrogens with zero attached hydrogens (tertiary/aromatic N) is 3. The molecule has 0 bridgehead atoms. The Morgan fingerprint density at radius 1 is 1.35 bits per heavy atom. The second-order valence-electron chi connectivity index (χ2n) is 5.57. The highest BCUT2D eigenvalue weighted by atomic mass is 16.6. The fourth-order valence-corrected chi connectivity index (χ4v) is 2.67. The highest BCUT2D eigenvalue weighted by molar-refractivity contribution is 5.76. The van der Waals surface area contributed by atoms with Crippen molar-refractivity contribution in [3.8, 4) is 6.07 Å². The van der Waals surface area contributed by atoms with E-state index in [1.165, 1.54) is 6.07 Å². The summed E-state index contributed by atoms with van der Waals surface area (Å²) in [7, 11) is 0. The number of nitrogens with one attached hydrogen (secondary N) is 1. The summed E-state index contributed by atoms with van der Waals surface area (Å²) < 4.78 is 0. The van der Waals surface area contributed by atoms with Crippen LogP contribution in [0.3, 0.4) is 0 Å². The fourth-order valence-electron chi connectivity index (χ4n) is 2.67. The van der Waals surface area contributed by atoms with E-state index in [2.05, 4.69) is 5.32 Å².